The highest BCUT2D eigenvalue weighted by molar-refractivity contribution is 7.89. The smallest absolute Gasteiger partial charge is 0.243 e. The van der Waals surface area contributed by atoms with E-state index in [1.165, 1.54) is 23.4 Å². The third-order valence-corrected chi connectivity index (χ3v) is 6.18. The minimum absolute atomic E-state index is 0.198. The number of sulfonamides is 1. The van der Waals surface area contributed by atoms with Crippen molar-refractivity contribution in [3.05, 3.63) is 41.8 Å². The van der Waals surface area contributed by atoms with Crippen LogP contribution in [0.1, 0.15) is 44.2 Å². The molecule has 1 aliphatic heterocycles. The Morgan fingerprint density at radius 2 is 2.08 bits per heavy atom. The number of nitrogens with one attached hydrogen (secondary N) is 1. The van der Waals surface area contributed by atoms with Crippen LogP contribution in [-0.2, 0) is 21.2 Å². The molecule has 0 saturated carbocycles. The zero-order chi connectivity index (χ0) is 18.0. The zero-order valence-electron chi connectivity index (χ0n) is 14.2. The van der Waals surface area contributed by atoms with Gasteiger partial charge in [0.05, 0.1) is 16.6 Å². The van der Waals surface area contributed by atoms with Crippen LogP contribution in [0.3, 0.4) is 0 Å². The average molecular weight is 363 g/mol. The molecule has 0 spiro atoms. The van der Waals surface area contributed by atoms with Gasteiger partial charge in [-0.25, -0.2) is 8.42 Å². The monoisotopic (exact) mass is 363 g/mol. The van der Waals surface area contributed by atoms with Gasteiger partial charge in [-0.1, -0.05) is 12.1 Å². The standard InChI is InChI=1S/C17H21N3O4S/c1-3-13-11-17(24-19-13)16-5-4-10-20(16)25(22,23)15-8-6-14(7-9-15)18-12(2)21/h6-9,11,16H,3-5,10H2,1-2H3,(H,18,21). The van der Waals surface area contributed by atoms with Crippen molar-refractivity contribution in [2.24, 2.45) is 0 Å². The SMILES string of the molecule is CCc1cc(C2CCCN2S(=O)(=O)c2ccc(NC(C)=O)cc2)on1. The average Bonchev–Trinajstić information content (AvgIpc) is 3.23. The van der Waals surface area contributed by atoms with Gasteiger partial charge in [-0.3, -0.25) is 4.79 Å². The molecule has 1 unspecified atom stereocenters. The van der Waals surface area contributed by atoms with Gasteiger partial charge in [0.25, 0.3) is 0 Å². The van der Waals surface area contributed by atoms with Gasteiger partial charge < -0.3 is 9.84 Å². The van der Waals surface area contributed by atoms with Gasteiger partial charge >= 0.3 is 0 Å². The van der Waals surface area contributed by atoms with Gasteiger partial charge in [0, 0.05) is 25.2 Å². The number of hydrogen-bond donors (Lipinski definition) is 1. The summed E-state index contributed by atoms with van der Waals surface area (Å²) >= 11 is 0. The van der Waals surface area contributed by atoms with Crippen molar-refractivity contribution < 1.29 is 17.7 Å². The van der Waals surface area contributed by atoms with E-state index in [0.29, 0.717) is 24.4 Å². The number of aromatic nitrogens is 1. The van der Waals surface area contributed by atoms with E-state index in [4.69, 9.17) is 4.52 Å². The van der Waals surface area contributed by atoms with Crippen LogP contribution in [0.15, 0.2) is 39.8 Å². The Morgan fingerprint density at radius 1 is 1.36 bits per heavy atom. The molecule has 134 valence electrons. The van der Waals surface area contributed by atoms with E-state index in [1.807, 2.05) is 13.0 Å². The first-order valence-electron chi connectivity index (χ1n) is 8.27. The summed E-state index contributed by atoms with van der Waals surface area (Å²) in [6.45, 7) is 3.82. The van der Waals surface area contributed by atoms with Crippen molar-refractivity contribution in [1.82, 2.24) is 9.46 Å². The number of anilines is 1. The van der Waals surface area contributed by atoms with Crippen LogP contribution >= 0.6 is 0 Å². The molecule has 1 fully saturated rings. The molecule has 0 aliphatic carbocycles. The molecule has 1 aromatic carbocycles. The van der Waals surface area contributed by atoms with E-state index in [9.17, 15) is 13.2 Å². The molecule has 8 heteroatoms. The first-order valence-corrected chi connectivity index (χ1v) is 9.71. The summed E-state index contributed by atoms with van der Waals surface area (Å²) in [6.07, 6.45) is 2.23. The van der Waals surface area contributed by atoms with Crippen LogP contribution in [0.25, 0.3) is 0 Å². The minimum atomic E-state index is -3.65. The predicted molar refractivity (Wildman–Crippen MR) is 92.5 cm³/mol. The molecular formula is C17H21N3O4S. The van der Waals surface area contributed by atoms with E-state index in [2.05, 4.69) is 10.5 Å². The summed E-state index contributed by atoms with van der Waals surface area (Å²) in [6, 6.07) is 7.69. The number of benzene rings is 1. The highest BCUT2D eigenvalue weighted by Gasteiger charge is 2.38. The second kappa shape index (κ2) is 6.97. The molecule has 1 amide bonds. The summed E-state index contributed by atoms with van der Waals surface area (Å²) in [4.78, 5) is 11.3. The third kappa shape index (κ3) is 3.59. The summed E-state index contributed by atoms with van der Waals surface area (Å²) in [7, 11) is -3.65. The van der Waals surface area contributed by atoms with Gasteiger partial charge in [-0.15, -0.1) is 0 Å². The highest BCUT2D eigenvalue weighted by atomic mass is 32.2. The lowest BCUT2D eigenvalue weighted by molar-refractivity contribution is -0.114. The Hall–Kier alpha value is -2.19. The second-order valence-electron chi connectivity index (χ2n) is 6.05. The number of carbonyl (C=O) groups excluding carboxylic acids is 1. The van der Waals surface area contributed by atoms with E-state index >= 15 is 0 Å². The van der Waals surface area contributed by atoms with Crippen LogP contribution in [0.5, 0.6) is 0 Å². The molecule has 2 heterocycles. The van der Waals surface area contributed by atoms with Gasteiger partial charge in [-0.05, 0) is 43.5 Å². The minimum Gasteiger partial charge on any atom is -0.359 e. The molecule has 1 aliphatic rings. The number of amides is 1. The van der Waals surface area contributed by atoms with E-state index < -0.39 is 10.0 Å². The Bertz CT molecular complexity index is 858. The van der Waals surface area contributed by atoms with E-state index in [-0.39, 0.29) is 16.8 Å². The predicted octanol–water partition coefficient (Wildman–Crippen LogP) is 2.72. The van der Waals surface area contributed by atoms with Crippen molar-refractivity contribution >= 4 is 21.6 Å². The summed E-state index contributed by atoms with van der Waals surface area (Å²) in [5.74, 6) is 0.389. The topological polar surface area (TPSA) is 92.5 Å². The number of aryl methyl sites for hydroxylation is 1. The van der Waals surface area contributed by atoms with Crippen molar-refractivity contribution in [2.45, 2.75) is 44.0 Å². The Morgan fingerprint density at radius 3 is 2.68 bits per heavy atom. The fraction of sp³-hybridized carbons (Fsp3) is 0.412. The number of hydrogen-bond acceptors (Lipinski definition) is 5. The molecule has 0 bridgehead atoms. The first kappa shape index (κ1) is 17.6. The van der Waals surface area contributed by atoms with Crippen molar-refractivity contribution in [3.8, 4) is 0 Å². The third-order valence-electron chi connectivity index (χ3n) is 4.25. The molecule has 1 N–H and O–H groups in total. The Kier molecular flexibility index (Phi) is 4.91. The lowest BCUT2D eigenvalue weighted by Gasteiger charge is -2.22. The maximum absolute atomic E-state index is 13.0. The Balaban J connectivity index is 1.86. The van der Waals surface area contributed by atoms with Crippen LogP contribution in [-0.4, -0.2) is 30.3 Å². The maximum atomic E-state index is 13.0. The molecule has 3 rings (SSSR count). The van der Waals surface area contributed by atoms with Gasteiger partial charge in [-0.2, -0.15) is 4.31 Å². The van der Waals surface area contributed by atoms with Crippen LogP contribution < -0.4 is 5.32 Å². The molecule has 7 nitrogen and oxygen atoms in total. The zero-order valence-corrected chi connectivity index (χ0v) is 15.0. The highest BCUT2D eigenvalue weighted by Crippen LogP contribution is 2.37. The number of carbonyl (C=O) groups is 1. The van der Waals surface area contributed by atoms with Gasteiger partial charge in [0.1, 0.15) is 0 Å². The lowest BCUT2D eigenvalue weighted by atomic mass is 10.1. The van der Waals surface area contributed by atoms with E-state index in [1.54, 1.807) is 12.1 Å². The molecule has 25 heavy (non-hydrogen) atoms. The van der Waals surface area contributed by atoms with Crippen LogP contribution in [0, 0.1) is 0 Å². The van der Waals surface area contributed by atoms with Crippen molar-refractivity contribution in [3.63, 3.8) is 0 Å². The molecule has 1 atom stereocenters. The number of rotatable bonds is 5. The fourth-order valence-corrected chi connectivity index (χ4v) is 4.68. The molecule has 1 aromatic heterocycles. The molecule has 2 aromatic rings. The molecule has 1 saturated heterocycles. The molecule has 0 radical (unpaired) electrons. The summed E-state index contributed by atoms with van der Waals surface area (Å²) in [5, 5.41) is 6.60. The van der Waals surface area contributed by atoms with Crippen LogP contribution in [0.4, 0.5) is 5.69 Å². The van der Waals surface area contributed by atoms with E-state index in [0.717, 1.165) is 18.5 Å². The van der Waals surface area contributed by atoms with Crippen LogP contribution in [0.2, 0.25) is 0 Å². The molecular weight excluding hydrogens is 342 g/mol. The largest absolute Gasteiger partial charge is 0.359 e. The number of nitrogens with zero attached hydrogens (tertiary/aromatic N) is 2. The van der Waals surface area contributed by atoms with Gasteiger partial charge in [0.2, 0.25) is 15.9 Å². The maximum Gasteiger partial charge on any atom is 0.243 e. The lowest BCUT2D eigenvalue weighted by Crippen LogP contribution is -2.30. The summed E-state index contributed by atoms with van der Waals surface area (Å²) < 4.78 is 32.8. The Labute approximate surface area is 147 Å². The van der Waals surface area contributed by atoms with Gasteiger partial charge in [0.15, 0.2) is 5.76 Å². The first-order chi connectivity index (χ1) is 11.9. The normalized spacial score (nSPS) is 18.4. The van der Waals surface area contributed by atoms with Crippen molar-refractivity contribution in [2.75, 3.05) is 11.9 Å². The summed E-state index contributed by atoms with van der Waals surface area (Å²) in [5.41, 5.74) is 1.38. The second-order valence-corrected chi connectivity index (χ2v) is 7.94. The quantitative estimate of drug-likeness (QED) is 0.882. The van der Waals surface area contributed by atoms with Crippen molar-refractivity contribution in [1.29, 1.82) is 0 Å². The fourth-order valence-electron chi connectivity index (χ4n) is 3.01.